The fraction of sp³-hybridized carbons (Fsp3) is 0.462. The summed E-state index contributed by atoms with van der Waals surface area (Å²) in [5.41, 5.74) is 2.09. The van der Waals surface area contributed by atoms with E-state index in [0.717, 1.165) is 24.2 Å². The highest BCUT2D eigenvalue weighted by atomic mass is 19.1. The second-order valence-corrected chi connectivity index (χ2v) is 9.17. The lowest BCUT2D eigenvalue weighted by Crippen LogP contribution is -2.56. The maximum Gasteiger partial charge on any atom is 0.163 e. The lowest BCUT2D eigenvalue weighted by molar-refractivity contribution is -0.250. The minimum absolute atomic E-state index is 0.139. The molecule has 2 aliphatic rings. The molecule has 3 heterocycles. The van der Waals surface area contributed by atoms with Gasteiger partial charge in [-0.2, -0.15) is 0 Å². The molecule has 2 aromatic carbocycles. The van der Waals surface area contributed by atoms with Gasteiger partial charge in [0.15, 0.2) is 6.23 Å². The Morgan fingerprint density at radius 2 is 1.71 bits per heavy atom. The number of hydrogen-bond donors (Lipinski definition) is 4. The van der Waals surface area contributed by atoms with E-state index in [1.54, 1.807) is 22.9 Å². The van der Waals surface area contributed by atoms with Gasteiger partial charge >= 0.3 is 0 Å². The average molecular weight is 488 g/mol. The van der Waals surface area contributed by atoms with Gasteiger partial charge in [-0.3, -0.25) is 0 Å². The van der Waals surface area contributed by atoms with E-state index in [4.69, 9.17) is 14.2 Å². The van der Waals surface area contributed by atoms with Crippen molar-refractivity contribution in [3.8, 4) is 5.75 Å². The van der Waals surface area contributed by atoms with E-state index in [2.05, 4.69) is 0 Å². The molecule has 0 amide bonds. The van der Waals surface area contributed by atoms with Gasteiger partial charge in [-0.15, -0.1) is 0 Å². The van der Waals surface area contributed by atoms with E-state index in [-0.39, 0.29) is 6.10 Å². The standard InChI is InChI=1S/C26H30FNO7/c27-19-2-1-3-20-22(19)16(13-28(20)26-25(32)24(31)23(30)21(14-29)35-26)12-15-4-6-17(7-5-15)34-18-8-10-33-11-9-18/h1-7,13,18,21,23-26,29-32H,8-12,14H2/t21-,23-,24+,25-,26-/m1/s1. The van der Waals surface area contributed by atoms with Crippen molar-refractivity contribution in [3.63, 3.8) is 0 Å². The Morgan fingerprint density at radius 1 is 0.971 bits per heavy atom. The summed E-state index contributed by atoms with van der Waals surface area (Å²) in [6.45, 7) is 0.865. The normalized spacial score (nSPS) is 27.9. The Bertz CT molecular complexity index is 1140. The fourth-order valence-electron chi connectivity index (χ4n) is 4.90. The molecule has 188 valence electrons. The van der Waals surface area contributed by atoms with Gasteiger partial charge in [0, 0.05) is 24.4 Å². The first-order valence-corrected chi connectivity index (χ1v) is 11.9. The van der Waals surface area contributed by atoms with Crippen LogP contribution in [0.5, 0.6) is 5.75 Å². The Hall–Kier alpha value is -2.53. The van der Waals surface area contributed by atoms with Crippen LogP contribution in [0.3, 0.4) is 0 Å². The third kappa shape index (κ3) is 4.80. The first-order chi connectivity index (χ1) is 17.0. The highest BCUT2D eigenvalue weighted by Crippen LogP contribution is 2.35. The Morgan fingerprint density at radius 3 is 2.43 bits per heavy atom. The number of aliphatic hydroxyl groups excluding tert-OH is 4. The van der Waals surface area contributed by atoms with E-state index in [9.17, 15) is 24.8 Å². The minimum Gasteiger partial charge on any atom is -0.490 e. The zero-order valence-corrected chi connectivity index (χ0v) is 19.2. The van der Waals surface area contributed by atoms with E-state index in [1.807, 2.05) is 24.3 Å². The molecule has 35 heavy (non-hydrogen) atoms. The summed E-state index contributed by atoms with van der Waals surface area (Å²) < 4.78 is 33.6. The quantitative estimate of drug-likeness (QED) is 0.420. The van der Waals surface area contributed by atoms with Crippen LogP contribution in [-0.4, -0.2) is 75.3 Å². The molecule has 0 spiro atoms. The zero-order valence-electron chi connectivity index (χ0n) is 19.2. The number of benzene rings is 2. The van der Waals surface area contributed by atoms with Crippen LogP contribution in [0.25, 0.3) is 10.9 Å². The minimum atomic E-state index is -1.52. The highest BCUT2D eigenvalue weighted by Gasteiger charge is 2.44. The van der Waals surface area contributed by atoms with Crippen LogP contribution in [0.1, 0.15) is 30.2 Å². The first-order valence-electron chi connectivity index (χ1n) is 11.9. The van der Waals surface area contributed by atoms with Gasteiger partial charge in [-0.1, -0.05) is 18.2 Å². The van der Waals surface area contributed by atoms with Crippen molar-refractivity contribution >= 4 is 10.9 Å². The molecule has 9 heteroatoms. The molecule has 0 saturated carbocycles. The van der Waals surface area contributed by atoms with Crippen LogP contribution >= 0.6 is 0 Å². The first kappa shape index (κ1) is 24.2. The van der Waals surface area contributed by atoms with Gasteiger partial charge in [0.25, 0.3) is 0 Å². The zero-order chi connectivity index (χ0) is 24.5. The second-order valence-electron chi connectivity index (χ2n) is 9.17. The molecule has 5 rings (SSSR count). The Kier molecular flexibility index (Phi) is 7.06. The number of nitrogens with zero attached hydrogens (tertiary/aromatic N) is 1. The molecular weight excluding hydrogens is 457 g/mol. The van der Waals surface area contributed by atoms with Crippen molar-refractivity contribution in [2.75, 3.05) is 19.8 Å². The Balaban J connectivity index is 1.42. The molecule has 2 fully saturated rings. The van der Waals surface area contributed by atoms with Crippen molar-refractivity contribution in [1.29, 1.82) is 0 Å². The second kappa shape index (κ2) is 10.2. The summed E-state index contributed by atoms with van der Waals surface area (Å²) in [7, 11) is 0. The maximum atomic E-state index is 15.0. The molecule has 8 nitrogen and oxygen atoms in total. The molecule has 0 bridgehead atoms. The topological polar surface area (TPSA) is 114 Å². The monoisotopic (exact) mass is 487 g/mol. The molecule has 0 aliphatic carbocycles. The van der Waals surface area contributed by atoms with Crippen LogP contribution in [0, 0.1) is 5.82 Å². The van der Waals surface area contributed by atoms with Crippen molar-refractivity contribution in [1.82, 2.24) is 4.57 Å². The van der Waals surface area contributed by atoms with Crippen LogP contribution < -0.4 is 4.74 Å². The predicted octanol–water partition coefficient (Wildman–Crippen LogP) is 1.90. The third-order valence-electron chi connectivity index (χ3n) is 6.82. The molecule has 0 radical (unpaired) electrons. The lowest BCUT2D eigenvalue weighted by atomic mass is 9.98. The van der Waals surface area contributed by atoms with E-state index >= 15 is 0 Å². The number of halogens is 1. The summed E-state index contributed by atoms with van der Waals surface area (Å²) in [5, 5.41) is 40.9. The number of aliphatic hydroxyl groups is 4. The van der Waals surface area contributed by atoms with E-state index in [0.29, 0.717) is 36.1 Å². The SMILES string of the molecule is OC[C@H]1O[C@@H](n2cc(Cc3ccc(OC4CCOCC4)cc3)c3c(F)cccc32)[C@H](O)[C@@H](O)[C@@H]1O. The molecule has 2 aliphatic heterocycles. The van der Waals surface area contributed by atoms with Gasteiger partial charge in [-0.05, 0) is 41.8 Å². The van der Waals surface area contributed by atoms with E-state index < -0.39 is 43.1 Å². The average Bonchev–Trinajstić information content (AvgIpc) is 3.24. The Labute approximate surface area is 202 Å². The summed E-state index contributed by atoms with van der Waals surface area (Å²) in [6, 6.07) is 12.3. The van der Waals surface area contributed by atoms with Crippen LogP contribution in [0.4, 0.5) is 4.39 Å². The maximum absolute atomic E-state index is 15.0. The summed E-state index contributed by atoms with van der Waals surface area (Å²) in [5.74, 6) is 0.357. The van der Waals surface area contributed by atoms with Crippen molar-refractivity contribution in [2.45, 2.75) is 56.0 Å². The van der Waals surface area contributed by atoms with Gasteiger partial charge in [0.2, 0.25) is 0 Å². The summed E-state index contributed by atoms with van der Waals surface area (Å²) in [6.07, 6.45) is -2.67. The van der Waals surface area contributed by atoms with Crippen molar-refractivity contribution < 1.29 is 39.0 Å². The van der Waals surface area contributed by atoms with Gasteiger partial charge in [-0.25, -0.2) is 4.39 Å². The van der Waals surface area contributed by atoms with E-state index in [1.165, 1.54) is 6.07 Å². The molecular formula is C26H30FNO7. The molecule has 5 atom stereocenters. The van der Waals surface area contributed by atoms with Crippen LogP contribution in [-0.2, 0) is 15.9 Å². The third-order valence-corrected chi connectivity index (χ3v) is 6.82. The largest absolute Gasteiger partial charge is 0.490 e. The lowest BCUT2D eigenvalue weighted by Gasteiger charge is -2.40. The predicted molar refractivity (Wildman–Crippen MR) is 125 cm³/mol. The number of ether oxygens (including phenoxy) is 3. The number of hydrogen-bond acceptors (Lipinski definition) is 7. The smallest absolute Gasteiger partial charge is 0.163 e. The van der Waals surface area contributed by atoms with Gasteiger partial charge in [0.1, 0.15) is 42.1 Å². The van der Waals surface area contributed by atoms with Gasteiger partial charge < -0.3 is 39.2 Å². The number of aromatic nitrogens is 1. The van der Waals surface area contributed by atoms with Crippen LogP contribution in [0.15, 0.2) is 48.7 Å². The summed E-state index contributed by atoms with van der Waals surface area (Å²) >= 11 is 0. The number of fused-ring (bicyclic) bond motifs is 1. The molecule has 4 N–H and O–H groups in total. The molecule has 3 aromatic rings. The molecule has 1 aromatic heterocycles. The fourth-order valence-corrected chi connectivity index (χ4v) is 4.90. The van der Waals surface area contributed by atoms with Gasteiger partial charge in [0.05, 0.1) is 25.3 Å². The van der Waals surface area contributed by atoms with Crippen molar-refractivity contribution in [3.05, 3.63) is 65.6 Å². The summed E-state index contributed by atoms with van der Waals surface area (Å²) in [4.78, 5) is 0. The molecule has 0 unspecified atom stereocenters. The number of rotatable bonds is 6. The highest BCUT2D eigenvalue weighted by molar-refractivity contribution is 5.85. The van der Waals surface area contributed by atoms with Crippen molar-refractivity contribution in [2.24, 2.45) is 0 Å². The molecule has 2 saturated heterocycles. The van der Waals surface area contributed by atoms with Crippen LogP contribution in [0.2, 0.25) is 0 Å².